The molecule has 0 radical (unpaired) electrons. The van der Waals surface area contributed by atoms with E-state index in [2.05, 4.69) is 15.5 Å². The third-order valence-electron chi connectivity index (χ3n) is 4.40. The summed E-state index contributed by atoms with van der Waals surface area (Å²) in [5, 5.41) is 7.43. The van der Waals surface area contributed by atoms with Gasteiger partial charge in [-0.15, -0.1) is 0 Å². The largest absolute Gasteiger partial charge is 0.485 e. The van der Waals surface area contributed by atoms with E-state index in [0.29, 0.717) is 34.6 Å². The second kappa shape index (κ2) is 9.54. The van der Waals surface area contributed by atoms with Crippen molar-refractivity contribution >= 4 is 17.5 Å². The number of likely N-dealkylation sites (N-methyl/N-ethyl adjacent to an activating group) is 1. The van der Waals surface area contributed by atoms with Gasteiger partial charge in [-0.3, -0.25) is 4.79 Å². The average molecular weight is 415 g/mol. The molecular weight excluding hydrogens is 392 g/mol. The van der Waals surface area contributed by atoms with E-state index in [1.165, 1.54) is 0 Å². The van der Waals surface area contributed by atoms with E-state index < -0.39 is 0 Å². The van der Waals surface area contributed by atoms with Gasteiger partial charge in [-0.05, 0) is 50.0 Å². The fourth-order valence-corrected chi connectivity index (χ4v) is 3.12. The summed E-state index contributed by atoms with van der Waals surface area (Å²) in [5.74, 6) is 1.41. The highest BCUT2D eigenvalue weighted by Gasteiger charge is 2.18. The molecule has 0 saturated heterocycles. The first-order valence-electron chi connectivity index (χ1n) is 9.15. The number of benzene rings is 2. The number of halogens is 1. The maximum Gasteiger partial charge on any atom is 0.251 e. The van der Waals surface area contributed by atoms with E-state index in [1.807, 2.05) is 43.3 Å². The lowest BCUT2D eigenvalue weighted by Crippen LogP contribution is -2.34. The monoisotopic (exact) mass is 414 g/mol. The molecule has 0 bridgehead atoms. The van der Waals surface area contributed by atoms with E-state index in [-0.39, 0.29) is 18.6 Å². The van der Waals surface area contributed by atoms with Crippen LogP contribution in [0.2, 0.25) is 5.02 Å². The van der Waals surface area contributed by atoms with Gasteiger partial charge in [0.05, 0.1) is 6.04 Å². The second-order valence-corrected chi connectivity index (χ2v) is 7.16. The minimum Gasteiger partial charge on any atom is -0.485 e. The zero-order valence-electron chi connectivity index (χ0n) is 16.6. The number of carbonyl (C=O) groups excluding carboxylic acids is 1. The van der Waals surface area contributed by atoms with Crippen LogP contribution in [0.3, 0.4) is 0 Å². The van der Waals surface area contributed by atoms with Crippen LogP contribution in [0, 0.1) is 6.92 Å². The molecule has 1 atom stereocenters. The predicted octanol–water partition coefficient (Wildman–Crippen LogP) is 3.64. The van der Waals surface area contributed by atoms with Gasteiger partial charge in [0.1, 0.15) is 5.75 Å². The smallest absolute Gasteiger partial charge is 0.251 e. The third kappa shape index (κ3) is 5.56. The van der Waals surface area contributed by atoms with Crippen molar-refractivity contribution in [2.24, 2.45) is 0 Å². The molecular formula is C21H23ClN4O3. The quantitative estimate of drug-likeness (QED) is 0.606. The first-order valence-corrected chi connectivity index (χ1v) is 9.53. The Labute approximate surface area is 174 Å². The van der Waals surface area contributed by atoms with Crippen LogP contribution in [-0.2, 0) is 6.61 Å². The van der Waals surface area contributed by atoms with Gasteiger partial charge < -0.3 is 19.5 Å². The SMILES string of the molecule is Cc1nc(COc2ccc(C(=O)NCC(c3ccccc3Cl)N(C)C)cc2)no1. The summed E-state index contributed by atoms with van der Waals surface area (Å²) in [5.41, 5.74) is 1.52. The molecule has 1 unspecified atom stereocenters. The molecule has 0 spiro atoms. The Morgan fingerprint density at radius 1 is 1.21 bits per heavy atom. The molecule has 1 N–H and O–H groups in total. The Balaban J connectivity index is 1.57. The van der Waals surface area contributed by atoms with Crippen LogP contribution in [0.4, 0.5) is 0 Å². The van der Waals surface area contributed by atoms with Gasteiger partial charge >= 0.3 is 0 Å². The van der Waals surface area contributed by atoms with Crippen LogP contribution in [-0.4, -0.2) is 41.6 Å². The Kier molecular flexibility index (Phi) is 6.85. The number of nitrogens with one attached hydrogen (secondary N) is 1. The molecule has 29 heavy (non-hydrogen) atoms. The lowest BCUT2D eigenvalue weighted by atomic mass is 10.1. The number of hydrogen-bond donors (Lipinski definition) is 1. The number of nitrogens with zero attached hydrogens (tertiary/aromatic N) is 3. The molecule has 1 heterocycles. The first-order chi connectivity index (χ1) is 13.9. The minimum atomic E-state index is -0.163. The summed E-state index contributed by atoms with van der Waals surface area (Å²) in [6.45, 7) is 2.35. The summed E-state index contributed by atoms with van der Waals surface area (Å²) >= 11 is 6.32. The number of rotatable bonds is 8. The highest BCUT2D eigenvalue weighted by Crippen LogP contribution is 2.25. The van der Waals surface area contributed by atoms with Gasteiger partial charge in [0, 0.05) is 24.1 Å². The Hall–Kier alpha value is -2.90. The molecule has 3 aromatic rings. The lowest BCUT2D eigenvalue weighted by Gasteiger charge is -2.26. The second-order valence-electron chi connectivity index (χ2n) is 6.75. The van der Waals surface area contributed by atoms with Crippen LogP contribution in [0.5, 0.6) is 5.75 Å². The van der Waals surface area contributed by atoms with Crippen molar-refractivity contribution in [3.05, 3.63) is 76.4 Å². The molecule has 1 aromatic heterocycles. The van der Waals surface area contributed by atoms with Gasteiger partial charge in [0.2, 0.25) is 11.7 Å². The molecule has 2 aromatic carbocycles. The van der Waals surface area contributed by atoms with Crippen molar-refractivity contribution in [1.29, 1.82) is 0 Å². The summed E-state index contributed by atoms with van der Waals surface area (Å²) < 4.78 is 10.5. The molecule has 0 aliphatic rings. The molecule has 1 amide bonds. The number of aromatic nitrogens is 2. The first kappa shape index (κ1) is 20.8. The molecule has 0 fully saturated rings. The maximum absolute atomic E-state index is 12.5. The van der Waals surface area contributed by atoms with Crippen molar-refractivity contribution in [3.63, 3.8) is 0 Å². The van der Waals surface area contributed by atoms with Crippen molar-refractivity contribution in [3.8, 4) is 5.75 Å². The molecule has 152 valence electrons. The summed E-state index contributed by atoms with van der Waals surface area (Å²) in [4.78, 5) is 18.6. The van der Waals surface area contributed by atoms with Gasteiger partial charge in [-0.25, -0.2) is 0 Å². The normalized spacial score (nSPS) is 12.0. The molecule has 0 aliphatic heterocycles. The van der Waals surface area contributed by atoms with Crippen molar-refractivity contribution in [2.45, 2.75) is 19.6 Å². The number of ether oxygens (including phenoxy) is 1. The van der Waals surface area contributed by atoms with Crippen LogP contribution >= 0.6 is 11.6 Å². The average Bonchev–Trinajstić information content (AvgIpc) is 3.13. The minimum absolute atomic E-state index is 0.0336. The highest BCUT2D eigenvalue weighted by atomic mass is 35.5. The van der Waals surface area contributed by atoms with Gasteiger partial charge in [0.15, 0.2) is 6.61 Å². The molecule has 3 rings (SSSR count). The Morgan fingerprint density at radius 2 is 1.93 bits per heavy atom. The van der Waals surface area contributed by atoms with E-state index in [1.54, 1.807) is 31.2 Å². The number of carbonyl (C=O) groups is 1. The Morgan fingerprint density at radius 3 is 2.55 bits per heavy atom. The Bertz CT molecular complexity index is 957. The fourth-order valence-electron chi connectivity index (χ4n) is 2.86. The molecule has 0 saturated carbocycles. The number of aryl methyl sites for hydroxylation is 1. The predicted molar refractivity (Wildman–Crippen MR) is 110 cm³/mol. The summed E-state index contributed by atoms with van der Waals surface area (Å²) in [6, 6.07) is 14.5. The zero-order valence-corrected chi connectivity index (χ0v) is 17.3. The molecule has 0 aliphatic carbocycles. The van der Waals surface area contributed by atoms with E-state index in [9.17, 15) is 4.79 Å². The summed E-state index contributed by atoms with van der Waals surface area (Å²) in [6.07, 6.45) is 0. The number of amides is 1. The fraction of sp³-hybridized carbons (Fsp3) is 0.286. The summed E-state index contributed by atoms with van der Waals surface area (Å²) in [7, 11) is 3.91. The maximum atomic E-state index is 12.5. The zero-order chi connectivity index (χ0) is 20.8. The van der Waals surface area contributed by atoms with Crippen molar-refractivity contribution in [2.75, 3.05) is 20.6 Å². The standard InChI is InChI=1S/C21H23ClN4O3/c1-14-24-20(25-29-14)13-28-16-10-8-15(9-11-16)21(27)23-12-19(26(2)3)17-6-4-5-7-18(17)22/h4-11,19H,12-13H2,1-3H3,(H,23,27). The van der Waals surface area contributed by atoms with Crippen molar-refractivity contribution < 1.29 is 14.1 Å². The number of hydrogen-bond acceptors (Lipinski definition) is 6. The van der Waals surface area contributed by atoms with Crippen LogP contribution in [0.1, 0.15) is 33.7 Å². The van der Waals surface area contributed by atoms with E-state index >= 15 is 0 Å². The lowest BCUT2D eigenvalue weighted by molar-refractivity contribution is 0.0942. The third-order valence-corrected chi connectivity index (χ3v) is 4.74. The van der Waals surface area contributed by atoms with E-state index in [0.717, 1.165) is 5.56 Å². The molecule has 8 heteroatoms. The van der Waals surface area contributed by atoms with E-state index in [4.69, 9.17) is 20.9 Å². The van der Waals surface area contributed by atoms with Gasteiger partial charge in [-0.2, -0.15) is 4.98 Å². The van der Waals surface area contributed by atoms with Crippen LogP contribution in [0.25, 0.3) is 0 Å². The highest BCUT2D eigenvalue weighted by molar-refractivity contribution is 6.31. The van der Waals surface area contributed by atoms with Gasteiger partial charge in [0.25, 0.3) is 5.91 Å². The molecule has 7 nitrogen and oxygen atoms in total. The topological polar surface area (TPSA) is 80.5 Å². The van der Waals surface area contributed by atoms with Crippen molar-refractivity contribution in [1.82, 2.24) is 20.4 Å². The van der Waals surface area contributed by atoms with Gasteiger partial charge in [-0.1, -0.05) is 35.0 Å². The van der Waals surface area contributed by atoms with Crippen LogP contribution in [0.15, 0.2) is 53.1 Å². The van der Waals surface area contributed by atoms with Crippen LogP contribution < -0.4 is 10.1 Å².